The molecule has 1 rings (SSSR count). The SMILES string of the molecule is OC1=CCC(F)(C(F)(F)F)C=C1. The van der Waals surface area contributed by atoms with Gasteiger partial charge in [-0.15, -0.1) is 0 Å². The van der Waals surface area contributed by atoms with Gasteiger partial charge in [-0.3, -0.25) is 0 Å². The van der Waals surface area contributed by atoms with E-state index in [2.05, 4.69) is 0 Å². The van der Waals surface area contributed by atoms with Gasteiger partial charge in [-0.05, 0) is 18.2 Å². The highest BCUT2D eigenvalue weighted by atomic mass is 19.4. The zero-order valence-corrected chi connectivity index (χ0v) is 5.90. The van der Waals surface area contributed by atoms with E-state index in [1.807, 2.05) is 0 Å². The molecule has 0 radical (unpaired) electrons. The van der Waals surface area contributed by atoms with E-state index in [1.54, 1.807) is 0 Å². The number of aliphatic hydroxyl groups excluding tert-OH is 1. The third kappa shape index (κ3) is 1.44. The molecule has 0 saturated carbocycles. The van der Waals surface area contributed by atoms with Crippen LogP contribution in [0.4, 0.5) is 17.6 Å². The maximum Gasteiger partial charge on any atom is 0.426 e. The Morgan fingerprint density at radius 3 is 2.33 bits per heavy atom. The predicted molar refractivity (Wildman–Crippen MR) is 34.4 cm³/mol. The normalized spacial score (nSPS) is 30.2. The predicted octanol–water partition coefficient (Wildman–Crippen LogP) is 2.66. The molecule has 0 spiro atoms. The second-order valence-electron chi connectivity index (χ2n) is 2.53. The van der Waals surface area contributed by atoms with Crippen LogP contribution in [0.15, 0.2) is 24.0 Å². The van der Waals surface area contributed by atoms with E-state index >= 15 is 0 Å². The van der Waals surface area contributed by atoms with E-state index in [9.17, 15) is 17.6 Å². The second-order valence-corrected chi connectivity index (χ2v) is 2.53. The van der Waals surface area contributed by atoms with Gasteiger partial charge in [0.1, 0.15) is 5.76 Å². The second kappa shape index (κ2) is 2.50. The summed E-state index contributed by atoms with van der Waals surface area (Å²) in [5.74, 6) is -0.340. The lowest BCUT2D eigenvalue weighted by Gasteiger charge is -2.25. The van der Waals surface area contributed by atoms with Gasteiger partial charge < -0.3 is 5.11 Å². The van der Waals surface area contributed by atoms with Gasteiger partial charge in [-0.25, -0.2) is 4.39 Å². The summed E-state index contributed by atoms with van der Waals surface area (Å²) in [5.41, 5.74) is -3.32. The first-order valence-electron chi connectivity index (χ1n) is 3.19. The summed E-state index contributed by atoms with van der Waals surface area (Å²) in [6.45, 7) is 0. The molecule has 1 unspecified atom stereocenters. The first-order chi connectivity index (χ1) is 5.35. The zero-order valence-electron chi connectivity index (χ0n) is 5.90. The fraction of sp³-hybridized carbons (Fsp3) is 0.429. The Bertz CT molecular complexity index is 240. The molecule has 0 aliphatic heterocycles. The molecule has 0 amide bonds. The third-order valence-electron chi connectivity index (χ3n) is 1.60. The molecule has 1 aliphatic carbocycles. The summed E-state index contributed by atoms with van der Waals surface area (Å²) < 4.78 is 48.6. The summed E-state index contributed by atoms with van der Waals surface area (Å²) in [6, 6.07) is 0. The Labute approximate surface area is 66.0 Å². The Kier molecular flexibility index (Phi) is 1.89. The molecule has 0 bridgehead atoms. The average Bonchev–Trinajstić information content (AvgIpc) is 1.93. The molecular formula is C7H6F4O. The number of halogens is 4. The van der Waals surface area contributed by atoms with Gasteiger partial charge in [0.05, 0.1) is 0 Å². The van der Waals surface area contributed by atoms with Crippen LogP contribution in [-0.2, 0) is 0 Å². The minimum atomic E-state index is -4.92. The summed E-state index contributed by atoms with van der Waals surface area (Å²) in [7, 11) is 0. The van der Waals surface area contributed by atoms with Crippen molar-refractivity contribution in [2.24, 2.45) is 0 Å². The molecule has 1 atom stereocenters. The van der Waals surface area contributed by atoms with Gasteiger partial charge in [0.2, 0.25) is 5.67 Å². The minimum Gasteiger partial charge on any atom is -0.508 e. The average molecular weight is 182 g/mol. The Morgan fingerprint density at radius 2 is 2.00 bits per heavy atom. The Hall–Kier alpha value is -1.00. The topological polar surface area (TPSA) is 20.2 Å². The summed E-state index contributed by atoms with van der Waals surface area (Å²) in [5, 5.41) is 8.65. The largest absolute Gasteiger partial charge is 0.508 e. The lowest BCUT2D eigenvalue weighted by atomic mass is 9.96. The van der Waals surface area contributed by atoms with Crippen LogP contribution in [0, 0.1) is 0 Å². The highest BCUT2D eigenvalue weighted by molar-refractivity contribution is 5.24. The number of hydrogen-bond donors (Lipinski definition) is 1. The standard InChI is InChI=1S/C7H6F4O/c8-6(7(9,10)11)3-1-5(12)2-4-6/h1-3,12H,4H2. The highest BCUT2D eigenvalue weighted by Gasteiger charge is 2.54. The van der Waals surface area contributed by atoms with Gasteiger partial charge in [-0.1, -0.05) is 0 Å². The first kappa shape index (κ1) is 9.09. The molecule has 0 aromatic carbocycles. The van der Waals surface area contributed by atoms with Gasteiger partial charge in [0.15, 0.2) is 0 Å². The first-order valence-corrected chi connectivity index (χ1v) is 3.19. The fourth-order valence-electron chi connectivity index (χ4n) is 0.817. The molecule has 0 fully saturated rings. The van der Waals surface area contributed by atoms with Crippen molar-refractivity contribution in [1.29, 1.82) is 0 Å². The molecule has 0 heterocycles. The molecule has 68 valence electrons. The van der Waals surface area contributed by atoms with Crippen LogP contribution in [0.1, 0.15) is 6.42 Å². The zero-order chi connectivity index (χ0) is 9.41. The molecule has 1 aliphatic rings. The van der Waals surface area contributed by atoms with E-state index in [-0.39, 0.29) is 5.76 Å². The van der Waals surface area contributed by atoms with Crippen molar-refractivity contribution in [3.63, 3.8) is 0 Å². The number of rotatable bonds is 0. The maximum absolute atomic E-state index is 12.9. The van der Waals surface area contributed by atoms with Gasteiger partial charge in [0.25, 0.3) is 0 Å². The molecule has 0 aromatic heterocycles. The quantitative estimate of drug-likeness (QED) is 0.571. The number of allylic oxidation sites excluding steroid dienone is 3. The van der Waals surface area contributed by atoms with E-state index < -0.39 is 18.3 Å². The van der Waals surface area contributed by atoms with Crippen LogP contribution in [0.2, 0.25) is 0 Å². The number of alkyl halides is 4. The van der Waals surface area contributed by atoms with E-state index in [1.165, 1.54) is 0 Å². The smallest absolute Gasteiger partial charge is 0.426 e. The van der Waals surface area contributed by atoms with E-state index in [0.717, 1.165) is 6.08 Å². The van der Waals surface area contributed by atoms with E-state index in [4.69, 9.17) is 5.11 Å². The van der Waals surface area contributed by atoms with Gasteiger partial charge in [0, 0.05) is 6.42 Å². The highest BCUT2D eigenvalue weighted by Crippen LogP contribution is 2.40. The van der Waals surface area contributed by atoms with Crippen molar-refractivity contribution >= 4 is 0 Å². The van der Waals surface area contributed by atoms with E-state index in [0.29, 0.717) is 12.2 Å². The Balaban J connectivity index is 2.86. The summed E-state index contributed by atoms with van der Waals surface area (Å²) in [6.07, 6.45) is -3.95. The molecule has 0 saturated heterocycles. The molecule has 1 nitrogen and oxygen atoms in total. The summed E-state index contributed by atoms with van der Waals surface area (Å²) >= 11 is 0. The van der Waals surface area contributed by atoms with Crippen molar-refractivity contribution < 1.29 is 22.7 Å². The van der Waals surface area contributed by atoms with Crippen molar-refractivity contribution in [2.75, 3.05) is 0 Å². The molecule has 5 heteroatoms. The monoisotopic (exact) mass is 182 g/mol. The summed E-state index contributed by atoms with van der Waals surface area (Å²) in [4.78, 5) is 0. The van der Waals surface area contributed by atoms with Crippen molar-refractivity contribution in [3.05, 3.63) is 24.0 Å². The Morgan fingerprint density at radius 1 is 1.42 bits per heavy atom. The molecular weight excluding hydrogens is 176 g/mol. The van der Waals surface area contributed by atoms with Crippen LogP contribution in [0.3, 0.4) is 0 Å². The fourth-order valence-corrected chi connectivity index (χ4v) is 0.817. The van der Waals surface area contributed by atoms with Crippen LogP contribution in [0.25, 0.3) is 0 Å². The number of aliphatic hydroxyl groups is 1. The van der Waals surface area contributed by atoms with Crippen LogP contribution >= 0.6 is 0 Å². The lowest BCUT2D eigenvalue weighted by molar-refractivity contribution is -0.211. The number of hydrogen-bond acceptors (Lipinski definition) is 1. The molecule has 12 heavy (non-hydrogen) atoms. The van der Waals surface area contributed by atoms with Crippen LogP contribution in [-0.4, -0.2) is 17.0 Å². The van der Waals surface area contributed by atoms with Crippen LogP contribution < -0.4 is 0 Å². The van der Waals surface area contributed by atoms with Crippen molar-refractivity contribution in [1.82, 2.24) is 0 Å². The molecule has 0 aromatic rings. The van der Waals surface area contributed by atoms with Gasteiger partial charge >= 0.3 is 6.18 Å². The minimum absolute atomic E-state index is 0.322. The molecule has 1 N–H and O–H groups in total. The maximum atomic E-state index is 12.9. The third-order valence-corrected chi connectivity index (χ3v) is 1.60. The van der Waals surface area contributed by atoms with Gasteiger partial charge in [-0.2, -0.15) is 13.2 Å². The van der Waals surface area contributed by atoms with Crippen molar-refractivity contribution in [3.8, 4) is 0 Å². The van der Waals surface area contributed by atoms with Crippen LogP contribution in [0.5, 0.6) is 0 Å². The van der Waals surface area contributed by atoms with Crippen molar-refractivity contribution in [2.45, 2.75) is 18.3 Å². The lowest BCUT2D eigenvalue weighted by Crippen LogP contribution is -2.39.